The lowest BCUT2D eigenvalue weighted by molar-refractivity contribution is 0.112. The number of aromatic nitrogens is 2. The molecule has 0 bridgehead atoms. The van der Waals surface area contributed by atoms with Crippen LogP contribution in [-0.4, -0.2) is 56.3 Å². The van der Waals surface area contributed by atoms with Crippen LogP contribution in [0.3, 0.4) is 0 Å². The van der Waals surface area contributed by atoms with Gasteiger partial charge in [-0.05, 0) is 86.0 Å². The summed E-state index contributed by atoms with van der Waals surface area (Å²) in [6, 6.07) is 26.1. The SMILES string of the molecule is C.COc1cc(C2C(C#N)=C(N)Oc3c2c(=O)[nH]c2ccccc32)cc(Br)c1OC.COc1cc(C=O)cc(Br)c1OC.O=c1cc(O)c2ccccc2[nH]1.[C-]#[N+]CC#N. The Bertz CT molecular complexity index is 2790. The highest BCUT2D eigenvalue weighted by Gasteiger charge is 2.35. The Morgan fingerprint density at radius 3 is 1.97 bits per heavy atom. The second-order valence-electron chi connectivity index (χ2n) is 11.8. The molecule has 0 fully saturated rings. The second-order valence-corrected chi connectivity index (χ2v) is 13.5. The van der Waals surface area contributed by atoms with E-state index in [4.69, 9.17) is 41.3 Å². The van der Waals surface area contributed by atoms with Gasteiger partial charge in [-0.1, -0.05) is 31.7 Å². The summed E-state index contributed by atoms with van der Waals surface area (Å²) in [6.45, 7) is 5.99. The zero-order valence-corrected chi connectivity index (χ0v) is 34.9. The number of benzene rings is 4. The number of carbonyl (C=O) groups is 1. The first kappa shape index (κ1) is 47.1. The molecule has 0 saturated carbocycles. The lowest BCUT2D eigenvalue weighted by Crippen LogP contribution is -2.28. The summed E-state index contributed by atoms with van der Waals surface area (Å²) in [4.78, 5) is 42.6. The number of para-hydroxylation sites is 2. The molecular weight excluding hydrogens is 904 g/mol. The molecule has 7 rings (SSSR count). The van der Waals surface area contributed by atoms with Crippen molar-refractivity contribution in [2.24, 2.45) is 5.73 Å². The number of nitrogens with one attached hydrogen (secondary N) is 2. The molecular formula is C43H38Br2N6O9. The summed E-state index contributed by atoms with van der Waals surface area (Å²) < 4.78 is 28.0. The van der Waals surface area contributed by atoms with E-state index in [2.05, 4.69) is 52.7 Å². The first-order valence-corrected chi connectivity index (χ1v) is 18.5. The maximum atomic E-state index is 13.0. The average molecular weight is 943 g/mol. The predicted molar refractivity (Wildman–Crippen MR) is 234 cm³/mol. The van der Waals surface area contributed by atoms with Gasteiger partial charge in [0.15, 0.2) is 23.0 Å². The van der Waals surface area contributed by atoms with E-state index in [1.54, 1.807) is 67.8 Å². The lowest BCUT2D eigenvalue weighted by Gasteiger charge is -2.27. The molecule has 5 N–H and O–H groups in total. The van der Waals surface area contributed by atoms with Crippen molar-refractivity contribution in [3.8, 4) is 46.6 Å². The van der Waals surface area contributed by atoms with Gasteiger partial charge in [0.05, 0.1) is 59.9 Å². The molecule has 15 nitrogen and oxygen atoms in total. The maximum absolute atomic E-state index is 13.0. The molecule has 1 aliphatic heterocycles. The van der Waals surface area contributed by atoms with Gasteiger partial charge in [0, 0.05) is 22.4 Å². The monoisotopic (exact) mass is 940 g/mol. The molecule has 1 unspecified atom stereocenters. The zero-order chi connectivity index (χ0) is 43.2. The molecule has 1 aliphatic rings. The van der Waals surface area contributed by atoms with E-state index in [1.165, 1.54) is 27.4 Å². The quantitative estimate of drug-likeness (QED) is 0.0706. The number of nitrogens with two attached hydrogens (primary N) is 1. The minimum Gasteiger partial charge on any atom is -0.507 e. The smallest absolute Gasteiger partial charge is 0.298 e. The molecule has 0 spiro atoms. The third kappa shape index (κ3) is 10.6. The van der Waals surface area contributed by atoms with Crippen LogP contribution in [0.5, 0.6) is 34.5 Å². The zero-order valence-electron chi connectivity index (χ0n) is 31.8. The number of aldehydes is 1. The van der Waals surface area contributed by atoms with Crippen molar-refractivity contribution in [3.05, 3.63) is 148 Å². The molecule has 2 aromatic heterocycles. The Morgan fingerprint density at radius 1 is 0.867 bits per heavy atom. The molecule has 308 valence electrons. The molecule has 17 heteroatoms. The van der Waals surface area contributed by atoms with Crippen LogP contribution in [0.15, 0.2) is 109 Å². The number of allylic oxidation sites excluding steroid dienone is 1. The number of fused-ring (bicyclic) bond motifs is 4. The van der Waals surface area contributed by atoms with E-state index in [0.717, 1.165) is 6.29 Å². The number of hydrogen-bond acceptors (Lipinski definition) is 12. The van der Waals surface area contributed by atoms with Gasteiger partial charge >= 0.3 is 0 Å². The molecule has 0 radical (unpaired) electrons. The Balaban J connectivity index is 0.000000256. The van der Waals surface area contributed by atoms with E-state index >= 15 is 0 Å². The molecule has 0 saturated heterocycles. The van der Waals surface area contributed by atoms with Gasteiger partial charge in [0.25, 0.3) is 17.7 Å². The van der Waals surface area contributed by atoms with Crippen molar-refractivity contribution in [3.63, 3.8) is 0 Å². The van der Waals surface area contributed by atoms with Gasteiger partial charge < -0.3 is 49.3 Å². The largest absolute Gasteiger partial charge is 0.507 e. The van der Waals surface area contributed by atoms with Crippen LogP contribution in [-0.2, 0) is 0 Å². The minimum absolute atomic E-state index is 0. The molecule has 60 heavy (non-hydrogen) atoms. The molecule has 3 heterocycles. The molecule has 6 aromatic rings. The van der Waals surface area contributed by atoms with Crippen molar-refractivity contribution in [1.82, 2.24) is 9.97 Å². The van der Waals surface area contributed by atoms with Gasteiger partial charge in [-0.15, -0.1) is 0 Å². The van der Waals surface area contributed by atoms with Gasteiger partial charge in [0.1, 0.15) is 35.5 Å². The van der Waals surface area contributed by atoms with Crippen molar-refractivity contribution < 1.29 is 33.6 Å². The summed E-state index contributed by atoms with van der Waals surface area (Å²) in [5.41, 5.74) is 8.38. The standard InChI is InChI=1S/C21H16BrN3O4.C9H9BrO3.C9H7NO2.C3H2N2.CH4/c1-27-15-8-10(7-13(22)19(15)28-2)16-12(9-23)20(24)29-18-11-5-3-4-6-14(11)25-21(26)17(16)18;1-12-8-4-6(5-11)3-7(10)9(8)13-2;11-8-5-9(12)10-7-4-2-1-3-6(7)8;1-5-3-2-4;/h3-8,16H,24H2,1-2H3,(H,25,26);3-5H,1-2H3;1-5H,(H2,10,11,12);3H2;1H4. The van der Waals surface area contributed by atoms with Gasteiger partial charge in [0.2, 0.25) is 5.88 Å². The summed E-state index contributed by atoms with van der Waals surface area (Å²) >= 11 is 6.74. The highest BCUT2D eigenvalue weighted by Crippen LogP contribution is 2.46. The first-order chi connectivity index (χ1) is 28.4. The van der Waals surface area contributed by atoms with E-state index in [0.29, 0.717) is 76.2 Å². The molecule has 0 amide bonds. The number of pyridine rings is 2. The number of rotatable bonds is 6. The van der Waals surface area contributed by atoms with Gasteiger partial charge in [-0.3, -0.25) is 14.4 Å². The normalized spacial score (nSPS) is 11.9. The van der Waals surface area contributed by atoms with E-state index < -0.39 is 5.92 Å². The van der Waals surface area contributed by atoms with Crippen molar-refractivity contribution >= 4 is 60.0 Å². The highest BCUT2D eigenvalue weighted by molar-refractivity contribution is 9.11. The fourth-order valence-electron chi connectivity index (χ4n) is 5.84. The van der Waals surface area contributed by atoms with Crippen LogP contribution < -0.4 is 40.5 Å². The number of aromatic hydroxyl groups is 1. The van der Waals surface area contributed by atoms with Crippen LogP contribution in [0.2, 0.25) is 0 Å². The summed E-state index contributed by atoms with van der Waals surface area (Å²) in [6.07, 6.45) is 0.757. The fraction of sp³-hybridized carbons (Fsp3) is 0.163. The second kappa shape index (κ2) is 22.0. The number of nitriles is 2. The highest BCUT2D eigenvalue weighted by atomic mass is 79.9. The Kier molecular flexibility index (Phi) is 17.3. The van der Waals surface area contributed by atoms with Crippen LogP contribution in [0.1, 0.15) is 34.8 Å². The third-order valence-electron chi connectivity index (χ3n) is 8.34. The first-order valence-electron chi connectivity index (χ1n) is 16.9. The summed E-state index contributed by atoms with van der Waals surface area (Å²) in [5, 5.41) is 28.1. The number of aromatic amines is 2. The molecule has 1 atom stereocenters. The summed E-state index contributed by atoms with van der Waals surface area (Å²) in [5.74, 6) is 1.70. The van der Waals surface area contributed by atoms with Crippen molar-refractivity contribution in [2.75, 3.05) is 35.0 Å². The third-order valence-corrected chi connectivity index (χ3v) is 9.52. The average Bonchev–Trinajstić information content (AvgIpc) is 3.23. The van der Waals surface area contributed by atoms with Crippen molar-refractivity contribution in [2.45, 2.75) is 13.3 Å². The summed E-state index contributed by atoms with van der Waals surface area (Å²) in [7, 11) is 6.12. The minimum atomic E-state index is -0.729. The predicted octanol–water partition coefficient (Wildman–Crippen LogP) is 8.10. The number of hydrogen-bond donors (Lipinski definition) is 4. The number of carbonyl (C=O) groups excluding carboxylic acids is 1. The number of ether oxygens (including phenoxy) is 5. The van der Waals surface area contributed by atoms with E-state index in [-0.39, 0.29) is 42.3 Å². The molecule has 4 aromatic carbocycles. The van der Waals surface area contributed by atoms with Crippen LogP contribution >= 0.6 is 31.9 Å². The number of halogens is 2. The number of H-pyrrole nitrogens is 2. The Labute approximate surface area is 361 Å². The van der Waals surface area contributed by atoms with Crippen molar-refractivity contribution in [1.29, 1.82) is 10.5 Å². The fourth-order valence-corrected chi connectivity index (χ4v) is 7.08. The Morgan fingerprint density at radius 2 is 1.43 bits per heavy atom. The van der Waals surface area contributed by atoms with E-state index in [1.807, 2.05) is 18.2 Å². The number of methoxy groups -OCH3 is 4. The van der Waals surface area contributed by atoms with Gasteiger partial charge in [-0.2, -0.15) is 10.5 Å². The molecule has 0 aliphatic carbocycles. The van der Waals surface area contributed by atoms with Crippen LogP contribution in [0.25, 0.3) is 26.7 Å². The van der Waals surface area contributed by atoms with Crippen LogP contribution in [0, 0.1) is 29.2 Å². The lowest BCUT2D eigenvalue weighted by atomic mass is 9.83. The van der Waals surface area contributed by atoms with E-state index in [9.17, 15) is 24.8 Å². The number of nitrogens with zero attached hydrogens (tertiary/aromatic N) is 3. The maximum Gasteiger partial charge on any atom is 0.298 e. The van der Waals surface area contributed by atoms with Crippen LogP contribution in [0.4, 0.5) is 0 Å². The topological polar surface area (TPSA) is 227 Å². The van der Waals surface area contributed by atoms with Gasteiger partial charge in [-0.25, -0.2) is 6.57 Å². The Hall–Kier alpha value is -7.26.